The van der Waals surface area contributed by atoms with Crippen molar-refractivity contribution in [1.29, 1.82) is 0 Å². The Bertz CT molecular complexity index is 639. The average Bonchev–Trinajstić information content (AvgIpc) is 3.06. The van der Waals surface area contributed by atoms with Crippen molar-refractivity contribution in [2.75, 3.05) is 27.2 Å². The molecule has 4 nitrogen and oxygen atoms in total. The number of aromatic nitrogens is 2. The second kappa shape index (κ2) is 9.37. The fourth-order valence-corrected chi connectivity index (χ4v) is 3.08. The highest BCUT2D eigenvalue weighted by molar-refractivity contribution is 6.30. The summed E-state index contributed by atoms with van der Waals surface area (Å²) >= 11 is 6.08. The Kier molecular flexibility index (Phi) is 7.48. The van der Waals surface area contributed by atoms with Crippen molar-refractivity contribution in [2.24, 2.45) is 0 Å². The maximum absolute atomic E-state index is 6.44. The van der Waals surface area contributed by atoms with Gasteiger partial charge in [-0.1, -0.05) is 37.1 Å². The van der Waals surface area contributed by atoms with Gasteiger partial charge in [0, 0.05) is 24.4 Å². The van der Waals surface area contributed by atoms with E-state index in [0.717, 1.165) is 48.6 Å². The number of aryl methyl sites for hydroxylation is 1. The minimum Gasteiger partial charge on any atom is -0.364 e. The molecule has 0 amide bonds. The van der Waals surface area contributed by atoms with E-state index < -0.39 is 5.60 Å². The first-order valence-corrected chi connectivity index (χ1v) is 9.42. The second-order valence-corrected chi connectivity index (χ2v) is 7.28. The van der Waals surface area contributed by atoms with Gasteiger partial charge >= 0.3 is 0 Å². The zero-order valence-corrected chi connectivity index (χ0v) is 16.6. The number of unbranched alkanes of at least 4 members (excludes halogenated alkanes) is 1. The van der Waals surface area contributed by atoms with Crippen LogP contribution in [-0.4, -0.2) is 41.9 Å². The van der Waals surface area contributed by atoms with Crippen LogP contribution >= 0.6 is 11.6 Å². The Labute approximate surface area is 156 Å². The van der Waals surface area contributed by atoms with Crippen LogP contribution < -0.4 is 0 Å². The smallest absolute Gasteiger partial charge is 0.132 e. The maximum atomic E-state index is 6.44. The van der Waals surface area contributed by atoms with Gasteiger partial charge in [0.05, 0.1) is 5.69 Å². The third kappa shape index (κ3) is 5.30. The molecule has 0 N–H and O–H groups in total. The molecule has 0 saturated carbocycles. The quantitative estimate of drug-likeness (QED) is 0.579. The molecule has 5 heteroatoms. The van der Waals surface area contributed by atoms with Crippen LogP contribution in [0.4, 0.5) is 0 Å². The largest absolute Gasteiger partial charge is 0.364 e. The van der Waals surface area contributed by atoms with Crippen LogP contribution in [0.3, 0.4) is 0 Å². The zero-order chi connectivity index (χ0) is 18.3. The highest BCUT2D eigenvalue weighted by Gasteiger charge is 2.33. The fraction of sp³-hybridized carbons (Fsp3) is 0.550. The lowest BCUT2D eigenvalue weighted by atomic mass is 9.92. The summed E-state index contributed by atoms with van der Waals surface area (Å²) in [6.07, 6.45) is 5.09. The van der Waals surface area contributed by atoms with E-state index in [2.05, 4.69) is 48.7 Å². The van der Waals surface area contributed by atoms with Gasteiger partial charge in [0.15, 0.2) is 0 Å². The van der Waals surface area contributed by atoms with Crippen molar-refractivity contribution < 1.29 is 4.74 Å². The van der Waals surface area contributed by atoms with Crippen molar-refractivity contribution in [1.82, 2.24) is 14.7 Å². The zero-order valence-electron chi connectivity index (χ0n) is 15.8. The van der Waals surface area contributed by atoms with Crippen molar-refractivity contribution >= 4 is 11.6 Å². The predicted molar refractivity (Wildman–Crippen MR) is 104 cm³/mol. The number of hydrogen-bond donors (Lipinski definition) is 0. The van der Waals surface area contributed by atoms with E-state index in [1.54, 1.807) is 0 Å². The fourth-order valence-electron chi connectivity index (χ4n) is 2.95. The number of ether oxygens (including phenoxy) is 1. The van der Waals surface area contributed by atoms with E-state index in [9.17, 15) is 0 Å². The molecule has 1 aromatic heterocycles. The third-order valence-corrected chi connectivity index (χ3v) is 4.72. The summed E-state index contributed by atoms with van der Waals surface area (Å²) in [5.41, 5.74) is 1.65. The lowest BCUT2D eigenvalue weighted by molar-refractivity contribution is -0.0134. The van der Waals surface area contributed by atoms with Gasteiger partial charge in [-0.05, 0) is 64.2 Å². The molecule has 0 bridgehead atoms. The predicted octanol–water partition coefficient (Wildman–Crippen LogP) is 4.57. The van der Waals surface area contributed by atoms with E-state index in [0.29, 0.717) is 6.61 Å². The van der Waals surface area contributed by atoms with Gasteiger partial charge in [-0.2, -0.15) is 5.10 Å². The number of halogens is 1. The molecule has 0 radical (unpaired) electrons. The Hall–Kier alpha value is -1.36. The molecule has 0 aliphatic rings. The summed E-state index contributed by atoms with van der Waals surface area (Å²) < 4.78 is 8.51. The molecule has 0 spiro atoms. The first-order valence-electron chi connectivity index (χ1n) is 9.04. The molecule has 0 aliphatic carbocycles. The lowest BCUT2D eigenvalue weighted by Gasteiger charge is -2.31. The Balaban J connectivity index is 2.28. The number of hydrogen-bond acceptors (Lipinski definition) is 3. The summed E-state index contributed by atoms with van der Waals surface area (Å²) in [6.45, 7) is 6.93. The number of rotatable bonds is 10. The topological polar surface area (TPSA) is 30.3 Å². The van der Waals surface area contributed by atoms with Crippen LogP contribution in [0.1, 0.15) is 44.4 Å². The van der Waals surface area contributed by atoms with E-state index >= 15 is 0 Å². The van der Waals surface area contributed by atoms with Gasteiger partial charge in [0.2, 0.25) is 0 Å². The molecule has 2 rings (SSSR count). The summed E-state index contributed by atoms with van der Waals surface area (Å²) in [5.74, 6) is 0. The van der Waals surface area contributed by atoms with Crippen LogP contribution in [0.5, 0.6) is 0 Å². The van der Waals surface area contributed by atoms with Crippen LogP contribution in [-0.2, 0) is 16.9 Å². The molecule has 1 unspecified atom stereocenters. The minimum absolute atomic E-state index is 0.541. The van der Waals surface area contributed by atoms with Gasteiger partial charge in [0.25, 0.3) is 0 Å². The van der Waals surface area contributed by atoms with Crippen molar-refractivity contribution in [2.45, 2.75) is 45.3 Å². The molecule has 2 aromatic rings. The normalized spacial score (nSPS) is 14.0. The van der Waals surface area contributed by atoms with E-state index in [1.807, 2.05) is 30.5 Å². The molecule has 0 fully saturated rings. The summed E-state index contributed by atoms with van der Waals surface area (Å²) in [5, 5.41) is 5.26. The average molecular weight is 364 g/mol. The van der Waals surface area contributed by atoms with Crippen molar-refractivity contribution in [3.8, 4) is 0 Å². The monoisotopic (exact) mass is 363 g/mol. The maximum Gasteiger partial charge on any atom is 0.132 e. The van der Waals surface area contributed by atoms with Crippen LogP contribution in [0, 0.1) is 0 Å². The first-order chi connectivity index (χ1) is 12.0. The molecule has 138 valence electrons. The second-order valence-electron chi connectivity index (χ2n) is 6.84. The number of nitrogens with zero attached hydrogens (tertiary/aromatic N) is 3. The highest BCUT2D eigenvalue weighted by Crippen LogP contribution is 2.34. The standard InChI is InChI=1S/C20H30ClN3O/c1-5-6-15-24-19(12-13-22-24)20(2,25-16-7-14-23(3)4)17-8-10-18(21)11-9-17/h8-13H,5-7,14-16H2,1-4H3. The summed E-state index contributed by atoms with van der Waals surface area (Å²) in [4.78, 5) is 2.18. The molecule has 1 heterocycles. The lowest BCUT2D eigenvalue weighted by Crippen LogP contribution is -2.32. The van der Waals surface area contributed by atoms with Crippen molar-refractivity contribution in [3.63, 3.8) is 0 Å². The Morgan fingerprint density at radius 1 is 1.16 bits per heavy atom. The molecule has 0 saturated heterocycles. The summed E-state index contributed by atoms with van der Waals surface area (Å²) in [7, 11) is 4.16. The van der Waals surface area contributed by atoms with E-state index in [-0.39, 0.29) is 0 Å². The molecule has 1 aromatic carbocycles. The minimum atomic E-state index is -0.541. The SMILES string of the molecule is CCCCn1nccc1C(C)(OCCCN(C)C)c1ccc(Cl)cc1. The van der Waals surface area contributed by atoms with E-state index in [4.69, 9.17) is 16.3 Å². The third-order valence-electron chi connectivity index (χ3n) is 4.46. The van der Waals surface area contributed by atoms with Gasteiger partial charge in [0.1, 0.15) is 5.60 Å². The Morgan fingerprint density at radius 3 is 2.52 bits per heavy atom. The highest BCUT2D eigenvalue weighted by atomic mass is 35.5. The molecule has 0 aliphatic heterocycles. The van der Waals surface area contributed by atoms with Crippen molar-refractivity contribution in [3.05, 3.63) is 52.8 Å². The Morgan fingerprint density at radius 2 is 1.88 bits per heavy atom. The first kappa shape index (κ1) is 20.0. The number of benzene rings is 1. The van der Waals surface area contributed by atoms with E-state index in [1.165, 1.54) is 0 Å². The van der Waals surface area contributed by atoms with Crippen LogP contribution in [0.25, 0.3) is 0 Å². The van der Waals surface area contributed by atoms with Gasteiger partial charge < -0.3 is 9.64 Å². The van der Waals surface area contributed by atoms with Gasteiger partial charge in [-0.3, -0.25) is 4.68 Å². The van der Waals surface area contributed by atoms with Gasteiger partial charge in [-0.15, -0.1) is 0 Å². The van der Waals surface area contributed by atoms with Crippen LogP contribution in [0.2, 0.25) is 5.02 Å². The molecule has 1 atom stereocenters. The molecule has 25 heavy (non-hydrogen) atoms. The molecular weight excluding hydrogens is 334 g/mol. The summed E-state index contributed by atoms with van der Waals surface area (Å²) in [6, 6.07) is 10.0. The molecular formula is C20H30ClN3O. The van der Waals surface area contributed by atoms with Gasteiger partial charge in [-0.25, -0.2) is 0 Å². The van der Waals surface area contributed by atoms with Crippen LogP contribution in [0.15, 0.2) is 36.5 Å².